The van der Waals surface area contributed by atoms with Gasteiger partial charge in [0, 0.05) is 15.7 Å². The van der Waals surface area contributed by atoms with Gasteiger partial charge in [0.25, 0.3) is 0 Å². The van der Waals surface area contributed by atoms with E-state index >= 15 is 0 Å². The van der Waals surface area contributed by atoms with Gasteiger partial charge in [-0.3, -0.25) is 4.79 Å². The molecule has 1 amide bonds. The van der Waals surface area contributed by atoms with E-state index in [0.29, 0.717) is 5.82 Å². The second-order valence-corrected chi connectivity index (χ2v) is 5.57. The first kappa shape index (κ1) is 13.3. The highest BCUT2D eigenvalue weighted by atomic mass is 79.9. The van der Waals surface area contributed by atoms with Gasteiger partial charge in [-0.1, -0.05) is 0 Å². The fraction of sp³-hybridized carbons (Fsp3) is 0.308. The molecule has 0 spiro atoms. The maximum absolute atomic E-state index is 11.9. The molecule has 0 bridgehead atoms. The van der Waals surface area contributed by atoms with Crippen LogP contribution in [0.15, 0.2) is 16.6 Å². The molecule has 1 aromatic heterocycles. The number of benzene rings is 1. The lowest BCUT2D eigenvalue weighted by atomic mass is 10.1. The Morgan fingerprint density at radius 2 is 2.15 bits per heavy atom. The summed E-state index contributed by atoms with van der Waals surface area (Å²) in [4.78, 5) is 16.2. The summed E-state index contributed by atoms with van der Waals surface area (Å²) in [6, 6.07) is 3.55. The average molecular weight is 336 g/mol. The molecule has 0 radical (unpaired) electrons. The molecule has 0 fully saturated rings. The Morgan fingerprint density at radius 1 is 1.40 bits per heavy atom. The number of hydrogen-bond donors (Lipinski definition) is 2. The van der Waals surface area contributed by atoms with E-state index in [-0.39, 0.29) is 11.9 Å². The minimum absolute atomic E-state index is 0.0435. The fourth-order valence-corrected chi connectivity index (χ4v) is 3.00. The van der Waals surface area contributed by atoms with E-state index in [9.17, 15) is 4.79 Å². The molecule has 1 atom stereocenters. The van der Waals surface area contributed by atoms with Crippen LogP contribution in [0, 0.1) is 13.8 Å². The molecule has 0 saturated heterocycles. The van der Waals surface area contributed by atoms with Crippen molar-refractivity contribution < 1.29 is 4.79 Å². The van der Waals surface area contributed by atoms with E-state index in [2.05, 4.69) is 36.6 Å². The van der Waals surface area contributed by atoms with Crippen LogP contribution in [0.5, 0.6) is 0 Å². The third-order valence-corrected chi connectivity index (χ3v) is 3.98. The standard InChI is InChI=1S/C13H14BrN5O/c1-6-16-7(2)19(18-6)11-5-10-8(4-9(11)14)12(15-3)13(20)17-10/h4-5,12,15H,1-3H3,(H,17,20). The van der Waals surface area contributed by atoms with Crippen molar-refractivity contribution in [1.29, 1.82) is 0 Å². The van der Waals surface area contributed by atoms with Crippen molar-refractivity contribution in [3.63, 3.8) is 0 Å². The second kappa shape index (κ2) is 4.68. The number of halogens is 1. The van der Waals surface area contributed by atoms with E-state index in [0.717, 1.165) is 27.2 Å². The third kappa shape index (κ3) is 1.94. The molecular formula is C13H14BrN5O. The Labute approximate surface area is 124 Å². The molecule has 2 N–H and O–H groups in total. The van der Waals surface area contributed by atoms with E-state index in [4.69, 9.17) is 0 Å². The Bertz CT molecular complexity index is 709. The molecule has 0 saturated carbocycles. The molecule has 104 valence electrons. The Morgan fingerprint density at radius 3 is 2.75 bits per heavy atom. The maximum Gasteiger partial charge on any atom is 0.246 e. The number of hydrogen-bond acceptors (Lipinski definition) is 4. The number of likely N-dealkylation sites (N-methyl/N-ethyl adjacent to an activating group) is 1. The predicted molar refractivity (Wildman–Crippen MR) is 79.0 cm³/mol. The number of aromatic nitrogens is 3. The van der Waals surface area contributed by atoms with Crippen LogP contribution in [0.1, 0.15) is 23.3 Å². The second-order valence-electron chi connectivity index (χ2n) is 4.72. The molecular weight excluding hydrogens is 322 g/mol. The lowest BCUT2D eigenvalue weighted by Crippen LogP contribution is -2.23. The molecule has 1 unspecified atom stereocenters. The first-order chi connectivity index (χ1) is 9.51. The minimum Gasteiger partial charge on any atom is -0.324 e. The van der Waals surface area contributed by atoms with Crippen molar-refractivity contribution in [2.45, 2.75) is 19.9 Å². The number of rotatable bonds is 2. The molecule has 7 heteroatoms. The summed E-state index contributed by atoms with van der Waals surface area (Å²) in [5.74, 6) is 1.47. The SMILES string of the molecule is CNC1C(=O)Nc2cc(-n3nc(C)nc3C)c(Br)cc21. The molecule has 3 rings (SSSR count). The highest BCUT2D eigenvalue weighted by Crippen LogP contribution is 2.36. The summed E-state index contributed by atoms with van der Waals surface area (Å²) in [6.45, 7) is 3.75. The quantitative estimate of drug-likeness (QED) is 0.878. The number of carbonyl (C=O) groups is 1. The van der Waals surface area contributed by atoms with Crippen LogP contribution in [0.25, 0.3) is 5.69 Å². The molecule has 2 heterocycles. The van der Waals surface area contributed by atoms with Crippen molar-refractivity contribution in [2.75, 3.05) is 12.4 Å². The van der Waals surface area contributed by atoms with Crippen LogP contribution in [0.2, 0.25) is 0 Å². The van der Waals surface area contributed by atoms with Gasteiger partial charge in [0.2, 0.25) is 5.91 Å². The Kier molecular flexibility index (Phi) is 3.10. The molecule has 2 aromatic rings. The van der Waals surface area contributed by atoms with E-state index in [1.54, 1.807) is 11.7 Å². The molecule has 0 aliphatic carbocycles. The molecule has 1 aliphatic rings. The summed E-state index contributed by atoms with van der Waals surface area (Å²) in [5, 5.41) is 10.3. The number of amides is 1. The minimum atomic E-state index is -0.311. The normalized spacial score (nSPS) is 17.2. The maximum atomic E-state index is 11.9. The van der Waals surface area contributed by atoms with Crippen LogP contribution < -0.4 is 10.6 Å². The zero-order valence-electron chi connectivity index (χ0n) is 11.4. The zero-order valence-corrected chi connectivity index (χ0v) is 12.9. The first-order valence-electron chi connectivity index (χ1n) is 6.23. The number of nitrogens with zero attached hydrogens (tertiary/aromatic N) is 3. The highest BCUT2D eigenvalue weighted by Gasteiger charge is 2.30. The molecule has 6 nitrogen and oxygen atoms in total. The van der Waals surface area contributed by atoms with Crippen molar-refractivity contribution >= 4 is 27.5 Å². The van der Waals surface area contributed by atoms with Gasteiger partial charge in [-0.05, 0) is 49.0 Å². The van der Waals surface area contributed by atoms with Crippen molar-refractivity contribution in [3.8, 4) is 5.69 Å². The number of aryl methyl sites for hydroxylation is 2. The summed E-state index contributed by atoms with van der Waals surface area (Å²) in [5.41, 5.74) is 2.60. The van der Waals surface area contributed by atoms with E-state index in [1.807, 2.05) is 26.0 Å². The van der Waals surface area contributed by atoms with Gasteiger partial charge < -0.3 is 10.6 Å². The number of fused-ring (bicyclic) bond motifs is 1. The van der Waals surface area contributed by atoms with E-state index in [1.165, 1.54) is 0 Å². The van der Waals surface area contributed by atoms with E-state index < -0.39 is 0 Å². The highest BCUT2D eigenvalue weighted by molar-refractivity contribution is 9.10. The van der Waals surface area contributed by atoms with Gasteiger partial charge in [-0.15, -0.1) is 0 Å². The molecule has 1 aliphatic heterocycles. The van der Waals surface area contributed by atoms with Crippen LogP contribution in [0.3, 0.4) is 0 Å². The summed E-state index contributed by atoms with van der Waals surface area (Å²) < 4.78 is 2.64. The van der Waals surface area contributed by atoms with Crippen molar-refractivity contribution in [1.82, 2.24) is 20.1 Å². The molecule has 1 aromatic carbocycles. The number of carbonyl (C=O) groups excluding carboxylic acids is 1. The largest absolute Gasteiger partial charge is 0.324 e. The van der Waals surface area contributed by atoms with Crippen LogP contribution in [-0.2, 0) is 4.79 Å². The average Bonchev–Trinajstić information content (AvgIpc) is 2.87. The fourth-order valence-electron chi connectivity index (χ4n) is 2.47. The summed E-state index contributed by atoms with van der Waals surface area (Å²) in [6.07, 6.45) is 0. The topological polar surface area (TPSA) is 71.8 Å². The number of nitrogens with one attached hydrogen (secondary N) is 2. The van der Waals surface area contributed by atoms with Gasteiger partial charge in [-0.2, -0.15) is 5.10 Å². The van der Waals surface area contributed by atoms with Crippen LogP contribution in [-0.4, -0.2) is 27.7 Å². The lowest BCUT2D eigenvalue weighted by molar-refractivity contribution is -0.117. The summed E-state index contributed by atoms with van der Waals surface area (Å²) in [7, 11) is 1.77. The van der Waals surface area contributed by atoms with Gasteiger partial charge in [0.15, 0.2) is 0 Å². The van der Waals surface area contributed by atoms with Gasteiger partial charge >= 0.3 is 0 Å². The summed E-state index contributed by atoms with van der Waals surface area (Å²) >= 11 is 3.55. The Balaban J connectivity index is 2.15. The van der Waals surface area contributed by atoms with Gasteiger partial charge in [0.05, 0.1) is 5.69 Å². The smallest absolute Gasteiger partial charge is 0.246 e. The van der Waals surface area contributed by atoms with Crippen molar-refractivity contribution in [2.24, 2.45) is 0 Å². The van der Waals surface area contributed by atoms with Gasteiger partial charge in [0.1, 0.15) is 17.7 Å². The number of anilines is 1. The third-order valence-electron chi connectivity index (χ3n) is 3.34. The van der Waals surface area contributed by atoms with Crippen LogP contribution >= 0.6 is 15.9 Å². The lowest BCUT2D eigenvalue weighted by Gasteiger charge is -2.11. The molecule has 20 heavy (non-hydrogen) atoms. The monoisotopic (exact) mass is 335 g/mol. The predicted octanol–water partition coefficient (Wildman–Crippen LogP) is 1.86. The Hall–Kier alpha value is -1.73. The van der Waals surface area contributed by atoms with Crippen LogP contribution in [0.4, 0.5) is 5.69 Å². The van der Waals surface area contributed by atoms with Gasteiger partial charge in [-0.25, -0.2) is 9.67 Å². The first-order valence-corrected chi connectivity index (χ1v) is 7.02. The van der Waals surface area contributed by atoms with Crippen molar-refractivity contribution in [3.05, 3.63) is 33.8 Å². The zero-order chi connectivity index (χ0) is 14.4.